The van der Waals surface area contributed by atoms with E-state index in [-0.39, 0.29) is 0 Å². The summed E-state index contributed by atoms with van der Waals surface area (Å²) in [6.45, 7) is 4.50. The van der Waals surface area contributed by atoms with Crippen LogP contribution in [-0.4, -0.2) is 22.8 Å². The van der Waals surface area contributed by atoms with Gasteiger partial charge in [0, 0.05) is 25.3 Å². The molecule has 1 aliphatic heterocycles. The third-order valence-electron chi connectivity index (χ3n) is 3.63. The van der Waals surface area contributed by atoms with E-state index in [1.54, 1.807) is 0 Å². The van der Waals surface area contributed by atoms with Gasteiger partial charge < -0.3 is 8.85 Å². The SMILES string of the molecule is CCC1CCC(CC)[Si]1(OC)OC. The summed E-state index contributed by atoms with van der Waals surface area (Å²) in [5, 5.41) is 0. The Balaban J connectivity index is 2.81. The molecule has 1 heterocycles. The van der Waals surface area contributed by atoms with Crippen LogP contribution >= 0.6 is 0 Å². The summed E-state index contributed by atoms with van der Waals surface area (Å²) in [6.07, 6.45) is 5.04. The molecule has 0 aliphatic carbocycles. The van der Waals surface area contributed by atoms with Gasteiger partial charge in [-0.2, -0.15) is 0 Å². The standard InChI is InChI=1S/C10H22O2Si/c1-5-9-7-8-10(6-2)13(9,11-3)12-4/h9-10H,5-8H2,1-4H3. The van der Waals surface area contributed by atoms with E-state index in [9.17, 15) is 0 Å². The van der Waals surface area contributed by atoms with Crippen molar-refractivity contribution < 1.29 is 8.85 Å². The fourth-order valence-electron chi connectivity index (χ4n) is 2.87. The summed E-state index contributed by atoms with van der Waals surface area (Å²) in [5.74, 6) is 0. The molecule has 0 amide bonds. The molecule has 2 atom stereocenters. The second-order valence-electron chi connectivity index (χ2n) is 3.92. The smallest absolute Gasteiger partial charge is 0.344 e. The normalized spacial score (nSPS) is 32.3. The van der Waals surface area contributed by atoms with E-state index in [0.717, 1.165) is 0 Å². The van der Waals surface area contributed by atoms with Gasteiger partial charge in [0.05, 0.1) is 0 Å². The van der Waals surface area contributed by atoms with Crippen LogP contribution in [0.2, 0.25) is 11.1 Å². The van der Waals surface area contributed by atoms with E-state index in [4.69, 9.17) is 8.85 Å². The molecule has 0 aromatic rings. The van der Waals surface area contributed by atoms with Crippen molar-refractivity contribution in [3.63, 3.8) is 0 Å². The molecule has 2 unspecified atom stereocenters. The Morgan fingerprint density at radius 2 is 1.38 bits per heavy atom. The predicted octanol–water partition coefficient (Wildman–Crippen LogP) is 3.08. The molecular formula is C10H22O2Si. The van der Waals surface area contributed by atoms with E-state index in [1.165, 1.54) is 25.7 Å². The van der Waals surface area contributed by atoms with Crippen LogP contribution in [0.4, 0.5) is 0 Å². The Bertz CT molecular complexity index is 143. The summed E-state index contributed by atoms with van der Waals surface area (Å²) >= 11 is 0. The molecule has 1 fully saturated rings. The Hall–Kier alpha value is 0.137. The molecule has 1 saturated heterocycles. The predicted molar refractivity (Wildman–Crippen MR) is 57.1 cm³/mol. The lowest BCUT2D eigenvalue weighted by molar-refractivity contribution is 0.225. The Kier molecular flexibility index (Phi) is 3.95. The molecule has 0 saturated carbocycles. The summed E-state index contributed by atoms with van der Waals surface area (Å²) in [7, 11) is 1.84. The van der Waals surface area contributed by atoms with E-state index in [2.05, 4.69) is 13.8 Å². The van der Waals surface area contributed by atoms with E-state index in [0.29, 0.717) is 11.1 Å². The maximum atomic E-state index is 5.77. The van der Waals surface area contributed by atoms with Gasteiger partial charge in [-0.05, 0) is 12.8 Å². The van der Waals surface area contributed by atoms with Crippen LogP contribution < -0.4 is 0 Å². The molecule has 1 aliphatic rings. The Labute approximate surface area is 82.9 Å². The van der Waals surface area contributed by atoms with Gasteiger partial charge in [-0.15, -0.1) is 0 Å². The van der Waals surface area contributed by atoms with E-state index in [1.807, 2.05) is 14.2 Å². The fraction of sp³-hybridized carbons (Fsp3) is 1.00. The van der Waals surface area contributed by atoms with Gasteiger partial charge in [-0.3, -0.25) is 0 Å². The van der Waals surface area contributed by atoms with Gasteiger partial charge in [-0.25, -0.2) is 0 Å². The van der Waals surface area contributed by atoms with E-state index >= 15 is 0 Å². The largest absolute Gasteiger partial charge is 0.397 e. The minimum absolute atomic E-state index is 0.715. The fourth-order valence-corrected chi connectivity index (χ4v) is 7.31. The van der Waals surface area contributed by atoms with Crippen molar-refractivity contribution in [1.29, 1.82) is 0 Å². The maximum Gasteiger partial charge on any atom is 0.344 e. The maximum absolute atomic E-state index is 5.77. The molecule has 0 aromatic carbocycles. The van der Waals surface area contributed by atoms with Crippen LogP contribution in [0, 0.1) is 0 Å². The van der Waals surface area contributed by atoms with Crippen molar-refractivity contribution in [2.24, 2.45) is 0 Å². The molecule has 0 aromatic heterocycles. The van der Waals surface area contributed by atoms with Crippen LogP contribution in [0.1, 0.15) is 39.5 Å². The zero-order valence-electron chi connectivity index (χ0n) is 9.30. The molecule has 3 heteroatoms. The molecular weight excluding hydrogens is 180 g/mol. The quantitative estimate of drug-likeness (QED) is 0.652. The van der Waals surface area contributed by atoms with Crippen molar-refractivity contribution in [3.05, 3.63) is 0 Å². The molecule has 0 radical (unpaired) electrons. The second kappa shape index (κ2) is 4.58. The molecule has 0 bridgehead atoms. The van der Waals surface area contributed by atoms with Gasteiger partial charge in [0.2, 0.25) is 0 Å². The number of hydrogen-bond donors (Lipinski definition) is 0. The van der Waals surface area contributed by atoms with Gasteiger partial charge in [-0.1, -0.05) is 26.7 Å². The zero-order chi connectivity index (χ0) is 9.90. The molecule has 78 valence electrons. The first-order valence-corrected chi connectivity index (χ1v) is 7.32. The highest BCUT2D eigenvalue weighted by Crippen LogP contribution is 2.50. The van der Waals surface area contributed by atoms with Crippen molar-refractivity contribution in [2.75, 3.05) is 14.2 Å². The van der Waals surface area contributed by atoms with Gasteiger partial charge in [0.15, 0.2) is 0 Å². The van der Waals surface area contributed by atoms with Gasteiger partial charge >= 0.3 is 8.56 Å². The van der Waals surface area contributed by atoms with Crippen molar-refractivity contribution in [1.82, 2.24) is 0 Å². The van der Waals surface area contributed by atoms with Crippen molar-refractivity contribution in [3.8, 4) is 0 Å². The summed E-state index contributed by atoms with van der Waals surface area (Å²) < 4.78 is 11.5. The average molecular weight is 202 g/mol. The first kappa shape index (κ1) is 11.2. The highest BCUT2D eigenvalue weighted by molar-refractivity contribution is 6.71. The summed E-state index contributed by atoms with van der Waals surface area (Å²) in [5.41, 5.74) is 1.43. The van der Waals surface area contributed by atoms with Crippen LogP contribution in [0.5, 0.6) is 0 Å². The second-order valence-corrected chi connectivity index (χ2v) is 7.81. The van der Waals surface area contributed by atoms with Crippen LogP contribution in [0.25, 0.3) is 0 Å². The summed E-state index contributed by atoms with van der Waals surface area (Å²) in [6, 6.07) is 0. The zero-order valence-corrected chi connectivity index (χ0v) is 10.3. The molecule has 2 nitrogen and oxygen atoms in total. The first-order valence-electron chi connectivity index (χ1n) is 5.35. The first-order chi connectivity index (χ1) is 6.25. The van der Waals surface area contributed by atoms with Gasteiger partial charge in [0.25, 0.3) is 0 Å². The minimum atomic E-state index is -1.84. The average Bonchev–Trinajstić information content (AvgIpc) is 2.55. The molecule has 13 heavy (non-hydrogen) atoms. The van der Waals surface area contributed by atoms with E-state index < -0.39 is 8.56 Å². The Morgan fingerprint density at radius 1 is 1.00 bits per heavy atom. The van der Waals surface area contributed by atoms with Crippen molar-refractivity contribution in [2.45, 2.75) is 50.6 Å². The number of hydrogen-bond acceptors (Lipinski definition) is 2. The Morgan fingerprint density at radius 3 is 1.62 bits per heavy atom. The lowest BCUT2D eigenvalue weighted by Gasteiger charge is -2.33. The summed E-state index contributed by atoms with van der Waals surface area (Å²) in [4.78, 5) is 0. The molecule has 0 N–H and O–H groups in total. The molecule has 1 rings (SSSR count). The lowest BCUT2D eigenvalue weighted by Crippen LogP contribution is -2.45. The lowest BCUT2D eigenvalue weighted by atomic mass is 10.1. The minimum Gasteiger partial charge on any atom is -0.397 e. The monoisotopic (exact) mass is 202 g/mol. The number of rotatable bonds is 4. The third kappa shape index (κ3) is 1.69. The topological polar surface area (TPSA) is 18.5 Å². The van der Waals surface area contributed by atoms with Crippen LogP contribution in [0.3, 0.4) is 0 Å². The van der Waals surface area contributed by atoms with Crippen LogP contribution in [0.15, 0.2) is 0 Å². The van der Waals surface area contributed by atoms with Crippen molar-refractivity contribution >= 4 is 8.56 Å². The third-order valence-corrected chi connectivity index (χ3v) is 8.57. The highest BCUT2D eigenvalue weighted by atomic mass is 28.4. The van der Waals surface area contributed by atoms with Crippen LogP contribution in [-0.2, 0) is 8.85 Å². The van der Waals surface area contributed by atoms with Gasteiger partial charge in [0.1, 0.15) is 0 Å². The molecule has 0 spiro atoms. The highest BCUT2D eigenvalue weighted by Gasteiger charge is 2.53.